The molecule has 2 aliphatic rings. The molecule has 1 N–H and O–H groups in total. The van der Waals surface area contributed by atoms with E-state index in [2.05, 4.69) is 44.1 Å². The van der Waals surface area contributed by atoms with Gasteiger partial charge in [0, 0.05) is 59.1 Å². The van der Waals surface area contributed by atoms with Crippen molar-refractivity contribution >= 4 is 21.6 Å². The molecule has 0 saturated carbocycles. The molecule has 0 unspecified atom stereocenters. The Bertz CT molecular complexity index is 814. The Kier molecular flexibility index (Phi) is 6.68. The van der Waals surface area contributed by atoms with Crippen molar-refractivity contribution in [2.24, 2.45) is 4.99 Å². The summed E-state index contributed by atoms with van der Waals surface area (Å²) in [5.41, 5.74) is 1.07. The highest BCUT2D eigenvalue weighted by Gasteiger charge is 2.40. The zero-order chi connectivity index (χ0) is 21.1. The molecule has 3 rings (SSSR count). The van der Waals surface area contributed by atoms with Crippen LogP contribution >= 0.6 is 0 Å². The molecular weight excluding hydrogens is 388 g/mol. The Hall–Kier alpha value is -1.87. The first-order valence-corrected chi connectivity index (χ1v) is 12.0. The molecule has 1 aromatic heterocycles. The summed E-state index contributed by atoms with van der Waals surface area (Å²) in [5, 5.41) is 3.35. The molecule has 1 aromatic rings. The number of anilines is 1. The minimum atomic E-state index is -3.07. The maximum atomic E-state index is 12.2. The van der Waals surface area contributed by atoms with Gasteiger partial charge in [0.05, 0.1) is 10.5 Å². The van der Waals surface area contributed by atoms with Crippen molar-refractivity contribution in [3.63, 3.8) is 0 Å². The van der Waals surface area contributed by atoms with E-state index in [0.29, 0.717) is 19.6 Å². The highest BCUT2D eigenvalue weighted by molar-refractivity contribution is 7.92. The summed E-state index contributed by atoms with van der Waals surface area (Å²) in [5.74, 6) is 1.91. The Labute approximate surface area is 174 Å². The van der Waals surface area contributed by atoms with E-state index in [9.17, 15) is 8.42 Å². The summed E-state index contributed by atoms with van der Waals surface area (Å²) in [6, 6.07) is 4.18. The zero-order valence-electron chi connectivity index (χ0n) is 18.1. The number of rotatable bonds is 4. The summed E-state index contributed by atoms with van der Waals surface area (Å²) in [7, 11) is -1.33. The summed E-state index contributed by atoms with van der Waals surface area (Å²) >= 11 is 0. The molecule has 0 radical (unpaired) electrons. The van der Waals surface area contributed by atoms with Crippen LogP contribution in [-0.2, 0) is 16.4 Å². The van der Waals surface area contributed by atoms with Crippen LogP contribution in [0.3, 0.4) is 0 Å². The third-order valence-corrected chi connectivity index (χ3v) is 8.49. The number of aliphatic imine (C=N–C) groups is 1. The maximum Gasteiger partial charge on any atom is 0.193 e. The summed E-state index contributed by atoms with van der Waals surface area (Å²) in [4.78, 5) is 15.8. The molecular formula is C20H34N6O2S. The number of aromatic nitrogens is 1. The normalized spacial score (nSPS) is 22.6. The summed E-state index contributed by atoms with van der Waals surface area (Å²) in [6.07, 6.45) is 1.91. The van der Waals surface area contributed by atoms with Gasteiger partial charge in [0.25, 0.3) is 0 Å². The first kappa shape index (κ1) is 21.8. The van der Waals surface area contributed by atoms with Crippen LogP contribution in [0.1, 0.15) is 26.3 Å². The lowest BCUT2D eigenvalue weighted by Crippen LogP contribution is -2.57. The van der Waals surface area contributed by atoms with Crippen molar-refractivity contribution in [1.82, 2.24) is 20.1 Å². The fraction of sp³-hybridized carbons (Fsp3) is 0.700. The molecule has 162 valence electrons. The van der Waals surface area contributed by atoms with Gasteiger partial charge in [-0.1, -0.05) is 13.0 Å². The van der Waals surface area contributed by atoms with Crippen molar-refractivity contribution in [2.45, 2.75) is 32.1 Å². The second kappa shape index (κ2) is 8.87. The number of nitrogens with one attached hydrogen (secondary N) is 1. The predicted molar refractivity (Wildman–Crippen MR) is 118 cm³/mol. The number of piperazine rings is 1. The predicted octanol–water partition coefficient (Wildman–Crippen LogP) is 0.808. The van der Waals surface area contributed by atoms with Crippen molar-refractivity contribution in [2.75, 3.05) is 63.5 Å². The van der Waals surface area contributed by atoms with Crippen LogP contribution in [0.4, 0.5) is 5.82 Å². The van der Waals surface area contributed by atoms with Gasteiger partial charge in [-0.15, -0.1) is 0 Å². The van der Waals surface area contributed by atoms with Gasteiger partial charge in [0.1, 0.15) is 5.82 Å². The highest BCUT2D eigenvalue weighted by Crippen LogP contribution is 2.23. The highest BCUT2D eigenvalue weighted by atomic mass is 32.2. The van der Waals surface area contributed by atoms with E-state index in [1.165, 1.54) is 0 Å². The van der Waals surface area contributed by atoms with Crippen LogP contribution in [0.25, 0.3) is 0 Å². The van der Waals surface area contributed by atoms with E-state index in [1.807, 2.05) is 11.1 Å². The van der Waals surface area contributed by atoms with Crippen LogP contribution in [0.15, 0.2) is 23.3 Å². The van der Waals surface area contributed by atoms with Crippen molar-refractivity contribution in [3.8, 4) is 0 Å². The number of likely N-dealkylation sites (N-methyl/N-ethyl adjacent to an activating group) is 1. The molecule has 0 aromatic carbocycles. The molecule has 0 aliphatic carbocycles. The van der Waals surface area contributed by atoms with E-state index in [-0.39, 0.29) is 5.75 Å². The molecule has 0 spiro atoms. The van der Waals surface area contributed by atoms with Crippen LogP contribution < -0.4 is 10.2 Å². The average molecular weight is 423 g/mol. The van der Waals surface area contributed by atoms with Gasteiger partial charge >= 0.3 is 0 Å². The topological polar surface area (TPSA) is 81.1 Å². The van der Waals surface area contributed by atoms with E-state index in [4.69, 9.17) is 0 Å². The van der Waals surface area contributed by atoms with Gasteiger partial charge in [-0.05, 0) is 32.0 Å². The molecule has 2 aliphatic heterocycles. The quantitative estimate of drug-likeness (QED) is 0.568. The zero-order valence-corrected chi connectivity index (χ0v) is 18.9. The SMILES string of the molecule is CCN1CCN(c2ccc(CNC(=NC)N3CCS(=O)(=O)C(C)(C)C3)cn2)CC1. The number of hydrogen-bond donors (Lipinski definition) is 1. The van der Waals surface area contributed by atoms with E-state index in [1.54, 1.807) is 20.9 Å². The third kappa shape index (κ3) is 5.01. The van der Waals surface area contributed by atoms with Gasteiger partial charge in [-0.25, -0.2) is 13.4 Å². The van der Waals surface area contributed by atoms with Crippen LogP contribution in [0.2, 0.25) is 0 Å². The molecule has 9 heteroatoms. The molecule has 2 fully saturated rings. The molecule has 8 nitrogen and oxygen atoms in total. The smallest absolute Gasteiger partial charge is 0.193 e. The van der Waals surface area contributed by atoms with Gasteiger partial charge in [-0.2, -0.15) is 0 Å². The molecule has 2 saturated heterocycles. The minimum Gasteiger partial charge on any atom is -0.354 e. The number of hydrogen-bond acceptors (Lipinski definition) is 6. The second-order valence-electron chi connectivity index (χ2n) is 8.35. The van der Waals surface area contributed by atoms with E-state index >= 15 is 0 Å². The van der Waals surface area contributed by atoms with Crippen LogP contribution in [0.5, 0.6) is 0 Å². The number of pyridine rings is 1. The fourth-order valence-electron chi connectivity index (χ4n) is 3.84. The van der Waals surface area contributed by atoms with E-state index in [0.717, 1.165) is 50.1 Å². The fourth-order valence-corrected chi connectivity index (χ4v) is 5.21. The Balaban J connectivity index is 1.55. The van der Waals surface area contributed by atoms with E-state index < -0.39 is 14.6 Å². The first-order valence-electron chi connectivity index (χ1n) is 10.4. The number of guanidine groups is 1. The largest absolute Gasteiger partial charge is 0.354 e. The average Bonchev–Trinajstić information content (AvgIpc) is 2.71. The first-order chi connectivity index (χ1) is 13.8. The Morgan fingerprint density at radius 3 is 2.48 bits per heavy atom. The van der Waals surface area contributed by atoms with Crippen molar-refractivity contribution < 1.29 is 8.42 Å². The van der Waals surface area contributed by atoms with Gasteiger partial charge < -0.3 is 20.0 Å². The summed E-state index contributed by atoms with van der Waals surface area (Å²) < 4.78 is 23.7. The molecule has 0 bridgehead atoms. The molecule has 0 atom stereocenters. The lowest BCUT2D eigenvalue weighted by molar-refractivity contribution is 0.270. The second-order valence-corrected chi connectivity index (χ2v) is 11.1. The lowest BCUT2D eigenvalue weighted by atomic mass is 10.2. The monoisotopic (exact) mass is 422 g/mol. The maximum absolute atomic E-state index is 12.2. The van der Waals surface area contributed by atoms with Crippen LogP contribution in [0, 0.1) is 0 Å². The number of nitrogens with zero attached hydrogens (tertiary/aromatic N) is 5. The molecule has 3 heterocycles. The van der Waals surface area contributed by atoms with Crippen LogP contribution in [-0.4, -0.2) is 92.5 Å². The lowest BCUT2D eigenvalue weighted by Gasteiger charge is -2.39. The standard InChI is InChI=1S/C20H34N6O2S/c1-5-24-8-10-25(11-9-24)18-7-6-17(14-22-18)15-23-19(21-4)26-12-13-29(27,28)20(2,3)16-26/h6-7,14H,5,8-13,15-16H2,1-4H3,(H,21,23). The Morgan fingerprint density at radius 1 is 1.21 bits per heavy atom. The van der Waals surface area contributed by atoms with Gasteiger partial charge in [0.2, 0.25) is 0 Å². The third-order valence-electron chi connectivity index (χ3n) is 5.96. The molecule has 29 heavy (non-hydrogen) atoms. The van der Waals surface area contributed by atoms with Crippen molar-refractivity contribution in [1.29, 1.82) is 0 Å². The van der Waals surface area contributed by atoms with Gasteiger partial charge in [0.15, 0.2) is 15.8 Å². The molecule has 0 amide bonds. The van der Waals surface area contributed by atoms with Crippen molar-refractivity contribution in [3.05, 3.63) is 23.9 Å². The number of sulfone groups is 1. The Morgan fingerprint density at radius 2 is 1.93 bits per heavy atom. The minimum absolute atomic E-state index is 0.155. The summed E-state index contributed by atoms with van der Waals surface area (Å²) in [6.45, 7) is 12.6. The van der Waals surface area contributed by atoms with Gasteiger partial charge in [-0.3, -0.25) is 4.99 Å².